The van der Waals surface area contributed by atoms with Gasteiger partial charge < -0.3 is 10.2 Å². The van der Waals surface area contributed by atoms with Crippen molar-refractivity contribution in [1.29, 1.82) is 0 Å². The van der Waals surface area contributed by atoms with Gasteiger partial charge in [-0.05, 0) is 62.2 Å². The quantitative estimate of drug-likeness (QED) is 0.375. The maximum absolute atomic E-state index is 13.8. The number of benzene rings is 3. The average molecular weight is 563 g/mol. The van der Waals surface area contributed by atoms with Crippen LogP contribution >= 0.6 is 23.2 Å². The number of carbonyl (C=O) groups excluding carboxylic acids is 2. The van der Waals surface area contributed by atoms with Crippen molar-refractivity contribution in [2.24, 2.45) is 0 Å². The minimum absolute atomic E-state index is 0.0185. The zero-order valence-corrected chi connectivity index (χ0v) is 23.1. The number of sulfonamides is 1. The Morgan fingerprint density at radius 1 is 0.946 bits per heavy atom. The van der Waals surface area contributed by atoms with Crippen molar-refractivity contribution in [2.45, 2.75) is 38.3 Å². The molecule has 0 saturated heterocycles. The van der Waals surface area contributed by atoms with Crippen molar-refractivity contribution in [3.8, 4) is 0 Å². The van der Waals surface area contributed by atoms with Crippen molar-refractivity contribution in [2.75, 3.05) is 17.4 Å². The summed E-state index contributed by atoms with van der Waals surface area (Å²) in [4.78, 5) is 27.9. The highest BCUT2D eigenvalue weighted by molar-refractivity contribution is 7.92. The van der Waals surface area contributed by atoms with Crippen LogP contribution in [0, 0.1) is 6.92 Å². The highest BCUT2D eigenvalue weighted by atomic mass is 35.5. The van der Waals surface area contributed by atoms with Crippen molar-refractivity contribution >= 4 is 50.7 Å². The van der Waals surface area contributed by atoms with Gasteiger partial charge in [-0.25, -0.2) is 8.42 Å². The molecule has 3 aromatic carbocycles. The third-order valence-corrected chi connectivity index (χ3v) is 8.43. The van der Waals surface area contributed by atoms with Gasteiger partial charge in [-0.3, -0.25) is 13.9 Å². The van der Waals surface area contributed by atoms with E-state index >= 15 is 0 Å². The number of halogens is 2. The molecule has 0 fully saturated rings. The van der Waals surface area contributed by atoms with E-state index in [1.165, 1.54) is 23.1 Å². The maximum atomic E-state index is 13.8. The van der Waals surface area contributed by atoms with Crippen molar-refractivity contribution in [3.05, 3.63) is 94.0 Å². The van der Waals surface area contributed by atoms with Crippen LogP contribution in [-0.4, -0.2) is 44.3 Å². The number of hydrogen-bond acceptors (Lipinski definition) is 4. The van der Waals surface area contributed by atoms with E-state index in [4.69, 9.17) is 23.2 Å². The molecule has 10 heteroatoms. The minimum Gasteiger partial charge on any atom is -0.355 e. The number of hydrogen-bond donors (Lipinski definition) is 1. The second-order valence-electron chi connectivity index (χ2n) is 8.44. The molecule has 0 aromatic heterocycles. The highest BCUT2D eigenvalue weighted by Crippen LogP contribution is 2.29. The van der Waals surface area contributed by atoms with Gasteiger partial charge in [0.1, 0.15) is 12.6 Å². The van der Waals surface area contributed by atoms with E-state index in [9.17, 15) is 18.0 Å². The molecule has 0 radical (unpaired) electrons. The molecule has 0 saturated carbocycles. The van der Waals surface area contributed by atoms with Gasteiger partial charge in [0.2, 0.25) is 11.8 Å². The van der Waals surface area contributed by atoms with Gasteiger partial charge in [0.25, 0.3) is 10.0 Å². The molecule has 3 rings (SSSR count). The second kappa shape index (κ2) is 12.4. The first-order valence-corrected chi connectivity index (χ1v) is 13.9. The normalized spacial score (nSPS) is 12.0. The highest BCUT2D eigenvalue weighted by Gasteiger charge is 2.32. The molecule has 2 amide bonds. The van der Waals surface area contributed by atoms with Crippen LogP contribution in [0.15, 0.2) is 77.7 Å². The van der Waals surface area contributed by atoms with Gasteiger partial charge in [0.05, 0.1) is 10.6 Å². The number of nitrogens with one attached hydrogen (secondary N) is 1. The summed E-state index contributed by atoms with van der Waals surface area (Å²) in [5, 5.41) is 3.52. The largest absolute Gasteiger partial charge is 0.355 e. The van der Waals surface area contributed by atoms with E-state index in [0.717, 1.165) is 9.87 Å². The SMILES string of the molecule is CCNC(=O)C(C)N(Cc1ccccc1Cl)C(=O)CN(c1ccc(C)c(Cl)c1)S(=O)(=O)c1ccccc1. The number of nitrogens with zero attached hydrogens (tertiary/aromatic N) is 2. The Balaban J connectivity index is 2.05. The van der Waals surface area contributed by atoms with Crippen LogP contribution in [0.3, 0.4) is 0 Å². The fraction of sp³-hybridized carbons (Fsp3) is 0.259. The Bertz CT molecular complexity index is 1370. The Labute approximate surface area is 228 Å². The van der Waals surface area contributed by atoms with Crippen molar-refractivity contribution in [3.63, 3.8) is 0 Å². The van der Waals surface area contributed by atoms with Gasteiger partial charge in [0.15, 0.2) is 0 Å². The number of likely N-dealkylation sites (N-methyl/N-ethyl adjacent to an activating group) is 1. The monoisotopic (exact) mass is 561 g/mol. The second-order valence-corrected chi connectivity index (χ2v) is 11.1. The molecule has 1 atom stereocenters. The maximum Gasteiger partial charge on any atom is 0.264 e. The van der Waals surface area contributed by atoms with Crippen LogP contribution in [0.1, 0.15) is 25.0 Å². The first kappa shape index (κ1) is 28.5. The summed E-state index contributed by atoms with van der Waals surface area (Å²) < 4.78 is 28.4. The molecule has 0 aliphatic heterocycles. The van der Waals surface area contributed by atoms with Gasteiger partial charge >= 0.3 is 0 Å². The lowest BCUT2D eigenvalue weighted by Crippen LogP contribution is -2.51. The minimum atomic E-state index is -4.15. The fourth-order valence-corrected chi connectivity index (χ4v) is 5.50. The Morgan fingerprint density at radius 3 is 2.22 bits per heavy atom. The molecule has 196 valence electrons. The predicted molar refractivity (Wildman–Crippen MR) is 147 cm³/mol. The smallest absolute Gasteiger partial charge is 0.264 e. The van der Waals surface area contributed by atoms with Gasteiger partial charge in [-0.1, -0.05) is 65.7 Å². The summed E-state index contributed by atoms with van der Waals surface area (Å²) in [5.41, 5.74) is 1.62. The van der Waals surface area contributed by atoms with Crippen LogP contribution in [0.4, 0.5) is 5.69 Å². The summed E-state index contributed by atoms with van der Waals surface area (Å²) in [6.45, 7) is 5.02. The van der Waals surface area contributed by atoms with Crippen molar-refractivity contribution in [1.82, 2.24) is 10.2 Å². The molecule has 0 bridgehead atoms. The van der Waals surface area contributed by atoms with E-state index in [2.05, 4.69) is 5.32 Å². The molecule has 0 aliphatic carbocycles. The first-order chi connectivity index (χ1) is 17.6. The summed E-state index contributed by atoms with van der Waals surface area (Å²) in [7, 11) is -4.15. The molecule has 37 heavy (non-hydrogen) atoms. The van der Waals surface area contributed by atoms with Crippen LogP contribution < -0.4 is 9.62 Å². The Hall–Kier alpha value is -3.07. The zero-order chi connectivity index (χ0) is 27.2. The number of amides is 2. The molecular weight excluding hydrogens is 533 g/mol. The van der Waals surface area contributed by atoms with E-state index < -0.39 is 28.5 Å². The fourth-order valence-electron chi connectivity index (χ4n) is 3.70. The van der Waals surface area contributed by atoms with Crippen LogP contribution in [0.5, 0.6) is 0 Å². The molecular formula is C27H29Cl2N3O4S. The van der Waals surface area contributed by atoms with Gasteiger partial charge in [-0.15, -0.1) is 0 Å². The first-order valence-electron chi connectivity index (χ1n) is 11.7. The van der Waals surface area contributed by atoms with E-state index in [-0.39, 0.29) is 23.0 Å². The lowest BCUT2D eigenvalue weighted by molar-refractivity contribution is -0.139. The topological polar surface area (TPSA) is 86.8 Å². The molecule has 3 aromatic rings. The van der Waals surface area contributed by atoms with E-state index in [1.807, 2.05) is 0 Å². The molecule has 0 aliphatic rings. The molecule has 1 unspecified atom stereocenters. The Morgan fingerprint density at radius 2 is 1.59 bits per heavy atom. The van der Waals surface area contributed by atoms with Crippen LogP contribution in [-0.2, 0) is 26.2 Å². The van der Waals surface area contributed by atoms with E-state index in [0.29, 0.717) is 22.2 Å². The predicted octanol–water partition coefficient (Wildman–Crippen LogP) is 5.05. The number of carbonyl (C=O) groups is 2. The van der Waals surface area contributed by atoms with Crippen LogP contribution in [0.2, 0.25) is 10.0 Å². The molecule has 7 nitrogen and oxygen atoms in total. The third-order valence-electron chi connectivity index (χ3n) is 5.87. The van der Waals surface area contributed by atoms with E-state index in [1.54, 1.807) is 75.4 Å². The number of rotatable bonds is 10. The lowest BCUT2D eigenvalue weighted by Gasteiger charge is -2.32. The third kappa shape index (κ3) is 6.83. The summed E-state index contributed by atoms with van der Waals surface area (Å²) >= 11 is 12.7. The lowest BCUT2D eigenvalue weighted by atomic mass is 10.1. The van der Waals surface area contributed by atoms with Gasteiger partial charge in [-0.2, -0.15) is 0 Å². The zero-order valence-electron chi connectivity index (χ0n) is 20.8. The van der Waals surface area contributed by atoms with Crippen LogP contribution in [0.25, 0.3) is 0 Å². The average Bonchev–Trinajstić information content (AvgIpc) is 2.88. The summed E-state index contributed by atoms with van der Waals surface area (Å²) in [5.74, 6) is -0.936. The van der Waals surface area contributed by atoms with Gasteiger partial charge in [0, 0.05) is 23.1 Å². The standard InChI is InChI=1S/C27H29Cl2N3O4S/c1-4-30-27(34)20(3)31(17-21-10-8-9-13-24(21)28)26(33)18-32(22-15-14-19(2)25(29)16-22)37(35,36)23-11-6-5-7-12-23/h5-16,20H,4,17-18H2,1-3H3,(H,30,34). The molecule has 1 N–H and O–H groups in total. The molecule has 0 heterocycles. The number of anilines is 1. The molecule has 0 spiro atoms. The number of aryl methyl sites for hydroxylation is 1. The summed E-state index contributed by atoms with van der Waals surface area (Å²) in [6.07, 6.45) is 0. The van der Waals surface area contributed by atoms with Crippen molar-refractivity contribution < 1.29 is 18.0 Å². The summed E-state index contributed by atoms with van der Waals surface area (Å²) in [6, 6.07) is 18.7. The Kier molecular flexibility index (Phi) is 9.59.